The number of hydrogen-bond acceptors (Lipinski definition) is 5. The first-order valence-electron chi connectivity index (χ1n) is 8.77. The summed E-state index contributed by atoms with van der Waals surface area (Å²) in [6.45, 7) is 1.98. The number of benzene rings is 2. The molecule has 5 nitrogen and oxygen atoms in total. The molecule has 7 heteroatoms. The van der Waals surface area contributed by atoms with Crippen molar-refractivity contribution >= 4 is 28.6 Å². The number of rotatable bonds is 7. The van der Waals surface area contributed by atoms with Crippen LogP contribution in [0.2, 0.25) is 0 Å². The van der Waals surface area contributed by atoms with Gasteiger partial charge in [0.1, 0.15) is 23.7 Å². The van der Waals surface area contributed by atoms with Crippen LogP contribution in [0.15, 0.2) is 70.9 Å². The first-order chi connectivity index (χ1) is 14.1. The number of carbonyl (C=O) groups is 1. The number of ether oxygens (including phenoxy) is 1. The highest BCUT2D eigenvalue weighted by atomic mass is 32.2. The molecule has 1 heterocycles. The van der Waals surface area contributed by atoms with E-state index in [1.54, 1.807) is 30.4 Å². The van der Waals surface area contributed by atoms with Crippen LogP contribution >= 0.6 is 11.3 Å². The molecule has 0 fully saturated rings. The van der Waals surface area contributed by atoms with Crippen LogP contribution in [-0.4, -0.2) is 26.7 Å². The van der Waals surface area contributed by atoms with E-state index in [1.807, 2.05) is 41.8 Å². The zero-order chi connectivity index (χ0) is 20.6. The van der Waals surface area contributed by atoms with Crippen molar-refractivity contribution in [3.8, 4) is 28.0 Å². The average molecular weight is 426 g/mol. The maximum absolute atomic E-state index is 12.5. The second kappa shape index (κ2) is 10.1. The van der Waals surface area contributed by atoms with Gasteiger partial charge in [-0.3, -0.25) is 4.79 Å². The van der Waals surface area contributed by atoms with Crippen molar-refractivity contribution in [3.05, 3.63) is 71.6 Å². The van der Waals surface area contributed by atoms with E-state index in [0.29, 0.717) is 10.6 Å². The fourth-order valence-corrected chi connectivity index (χ4v) is 4.06. The van der Waals surface area contributed by atoms with E-state index < -0.39 is 17.3 Å². The van der Waals surface area contributed by atoms with E-state index in [0.717, 1.165) is 16.0 Å². The molecule has 0 radical (unpaired) electrons. The van der Waals surface area contributed by atoms with Gasteiger partial charge in [0, 0.05) is 4.88 Å². The van der Waals surface area contributed by atoms with Gasteiger partial charge >= 0.3 is 0 Å². The van der Waals surface area contributed by atoms with Gasteiger partial charge in [-0.25, -0.2) is 5.21 Å². The SMILES string of the molecule is CC#CCOc1ccc([S+]([O-])N(O)C(=O)Cc2ccc(-c3cccs3)cc2)cc1. The third-order valence-electron chi connectivity index (χ3n) is 4.00. The molecule has 1 amide bonds. The van der Waals surface area contributed by atoms with Crippen molar-refractivity contribution in [3.63, 3.8) is 0 Å². The number of hydrogen-bond donors (Lipinski definition) is 1. The number of nitrogens with zero attached hydrogens (tertiary/aromatic N) is 1. The molecule has 1 N–H and O–H groups in total. The molecular formula is C22H19NO4S2. The van der Waals surface area contributed by atoms with E-state index in [1.165, 1.54) is 12.1 Å². The Balaban J connectivity index is 1.59. The summed E-state index contributed by atoms with van der Waals surface area (Å²) in [5, 5.41) is 12.1. The topological polar surface area (TPSA) is 72.8 Å². The van der Waals surface area contributed by atoms with E-state index in [-0.39, 0.29) is 17.5 Å². The first kappa shape index (κ1) is 21.0. The molecule has 3 aromatic rings. The van der Waals surface area contributed by atoms with Gasteiger partial charge in [0.05, 0.1) is 6.42 Å². The molecule has 0 spiro atoms. The lowest BCUT2D eigenvalue weighted by Gasteiger charge is -2.17. The largest absolute Gasteiger partial charge is 0.586 e. The van der Waals surface area contributed by atoms with Gasteiger partial charge in [0.25, 0.3) is 5.91 Å². The summed E-state index contributed by atoms with van der Waals surface area (Å²) in [4.78, 5) is 13.8. The summed E-state index contributed by atoms with van der Waals surface area (Å²) >= 11 is -0.381. The summed E-state index contributed by atoms with van der Waals surface area (Å²) in [6.07, 6.45) is -0.0517. The second-order valence-electron chi connectivity index (χ2n) is 5.95. The normalized spacial score (nSPS) is 11.3. The van der Waals surface area contributed by atoms with Crippen LogP contribution < -0.4 is 4.74 Å². The van der Waals surface area contributed by atoms with Crippen molar-refractivity contribution in [2.24, 2.45) is 0 Å². The molecule has 0 aliphatic rings. The number of carbonyl (C=O) groups excluding carboxylic acids is 1. The minimum absolute atomic E-state index is 0.0517. The molecule has 3 rings (SSSR count). The molecular weight excluding hydrogens is 406 g/mol. The third-order valence-corrected chi connectivity index (χ3v) is 6.11. The summed E-state index contributed by atoms with van der Waals surface area (Å²) in [5.74, 6) is 5.42. The van der Waals surface area contributed by atoms with Gasteiger partial charge in [-0.1, -0.05) is 36.3 Å². The summed E-state index contributed by atoms with van der Waals surface area (Å²) < 4.78 is 18.1. The minimum atomic E-state index is -2.02. The van der Waals surface area contributed by atoms with Crippen LogP contribution in [0.25, 0.3) is 10.4 Å². The molecule has 0 bridgehead atoms. The Morgan fingerprint density at radius 3 is 2.52 bits per heavy atom. The van der Waals surface area contributed by atoms with Gasteiger partial charge in [0.2, 0.25) is 0 Å². The Labute approximate surface area is 176 Å². The van der Waals surface area contributed by atoms with Crippen LogP contribution in [-0.2, 0) is 22.6 Å². The second-order valence-corrected chi connectivity index (χ2v) is 8.22. The van der Waals surface area contributed by atoms with Crippen molar-refractivity contribution < 1.29 is 19.3 Å². The Bertz CT molecular complexity index is 990. The lowest BCUT2D eigenvalue weighted by atomic mass is 10.1. The molecule has 0 saturated carbocycles. The van der Waals surface area contributed by atoms with Crippen LogP contribution in [0.3, 0.4) is 0 Å². The van der Waals surface area contributed by atoms with E-state index in [9.17, 15) is 14.6 Å². The van der Waals surface area contributed by atoms with Crippen LogP contribution in [0.4, 0.5) is 0 Å². The Hall–Kier alpha value is -2.76. The monoisotopic (exact) mass is 425 g/mol. The third kappa shape index (κ3) is 5.62. The standard InChI is InChI=1S/C22H19NO4S2/c1-2-3-14-27-19-10-12-20(13-11-19)29(26)23(25)22(24)16-17-6-8-18(9-7-17)21-5-4-15-28-21/h4-13,15,25H,14,16H2,1H3. The average Bonchev–Trinajstić information content (AvgIpc) is 3.29. The summed E-state index contributed by atoms with van der Waals surface area (Å²) in [7, 11) is 0. The predicted octanol–water partition coefficient (Wildman–Crippen LogP) is 4.30. The van der Waals surface area contributed by atoms with E-state index in [4.69, 9.17) is 4.74 Å². The first-order valence-corrected chi connectivity index (χ1v) is 10.8. The Kier molecular flexibility index (Phi) is 7.33. The molecule has 0 aliphatic heterocycles. The maximum Gasteiger partial charge on any atom is 0.299 e. The molecule has 148 valence electrons. The zero-order valence-electron chi connectivity index (χ0n) is 15.7. The number of thiophene rings is 1. The summed E-state index contributed by atoms with van der Waals surface area (Å²) in [5.41, 5.74) is 1.79. The minimum Gasteiger partial charge on any atom is -0.586 e. The van der Waals surface area contributed by atoms with Crippen molar-refractivity contribution in [2.45, 2.75) is 18.2 Å². The number of hydroxylamine groups is 1. The van der Waals surface area contributed by atoms with Crippen molar-refractivity contribution in [2.75, 3.05) is 6.61 Å². The zero-order valence-corrected chi connectivity index (χ0v) is 17.3. The lowest BCUT2D eigenvalue weighted by Crippen LogP contribution is -2.35. The highest BCUT2D eigenvalue weighted by Crippen LogP contribution is 2.25. The highest BCUT2D eigenvalue weighted by molar-refractivity contribution is 7.89. The van der Waals surface area contributed by atoms with Gasteiger partial charge in [-0.15, -0.1) is 17.3 Å². The molecule has 1 unspecified atom stereocenters. The fraction of sp³-hybridized carbons (Fsp3) is 0.136. The molecule has 1 aromatic heterocycles. The van der Waals surface area contributed by atoms with Crippen LogP contribution in [0.1, 0.15) is 12.5 Å². The van der Waals surface area contributed by atoms with Gasteiger partial charge < -0.3 is 9.29 Å². The fourth-order valence-electron chi connectivity index (χ4n) is 2.51. The van der Waals surface area contributed by atoms with Crippen molar-refractivity contribution in [1.29, 1.82) is 0 Å². The van der Waals surface area contributed by atoms with E-state index in [2.05, 4.69) is 11.8 Å². The number of amides is 1. The summed E-state index contributed by atoms with van der Waals surface area (Å²) in [6, 6.07) is 17.8. The smallest absolute Gasteiger partial charge is 0.299 e. The molecule has 0 aliphatic carbocycles. The van der Waals surface area contributed by atoms with Gasteiger partial charge in [-0.05, 0) is 58.2 Å². The lowest BCUT2D eigenvalue weighted by molar-refractivity contribution is -0.145. The van der Waals surface area contributed by atoms with Gasteiger partial charge in [-0.2, -0.15) is 0 Å². The maximum atomic E-state index is 12.5. The highest BCUT2D eigenvalue weighted by Gasteiger charge is 2.27. The van der Waals surface area contributed by atoms with Crippen LogP contribution in [0.5, 0.6) is 5.75 Å². The van der Waals surface area contributed by atoms with Gasteiger partial charge in [0.15, 0.2) is 4.90 Å². The Morgan fingerprint density at radius 2 is 1.90 bits per heavy atom. The quantitative estimate of drug-likeness (QED) is 0.265. The van der Waals surface area contributed by atoms with E-state index >= 15 is 0 Å². The molecule has 29 heavy (non-hydrogen) atoms. The van der Waals surface area contributed by atoms with Crippen molar-refractivity contribution in [1.82, 2.24) is 4.47 Å². The van der Waals surface area contributed by atoms with Crippen LogP contribution in [0, 0.1) is 11.8 Å². The molecule has 1 atom stereocenters. The predicted molar refractivity (Wildman–Crippen MR) is 114 cm³/mol. The molecule has 2 aromatic carbocycles. The Morgan fingerprint density at radius 1 is 1.17 bits per heavy atom. The molecule has 0 saturated heterocycles.